The molecule has 0 bridgehead atoms. The van der Waals surface area contributed by atoms with Crippen molar-refractivity contribution in [1.29, 1.82) is 0 Å². The van der Waals surface area contributed by atoms with E-state index in [0.29, 0.717) is 57.7 Å². The zero-order chi connectivity index (χ0) is 15.2. The Morgan fingerprint density at radius 3 is 1.81 bits per heavy atom. The van der Waals surface area contributed by atoms with Crippen molar-refractivity contribution in [2.75, 3.05) is 60.0 Å². The minimum absolute atomic E-state index is 0.0166. The predicted molar refractivity (Wildman–Crippen MR) is 78.0 cm³/mol. The van der Waals surface area contributed by atoms with Crippen LogP contribution in [0.2, 0.25) is 0 Å². The Labute approximate surface area is 125 Å². The SMILES string of the molecule is COCCOCCOc1ccccc1OCCOCCO. The summed E-state index contributed by atoms with van der Waals surface area (Å²) in [5.41, 5.74) is 0. The van der Waals surface area contributed by atoms with Crippen molar-refractivity contribution >= 4 is 0 Å². The molecule has 0 aromatic heterocycles. The summed E-state index contributed by atoms with van der Waals surface area (Å²) in [5.74, 6) is 1.34. The highest BCUT2D eigenvalue weighted by atomic mass is 16.6. The monoisotopic (exact) mass is 300 g/mol. The highest BCUT2D eigenvalue weighted by Gasteiger charge is 2.04. The van der Waals surface area contributed by atoms with Crippen LogP contribution in [0.5, 0.6) is 11.5 Å². The number of benzene rings is 1. The molecule has 1 aromatic carbocycles. The Bertz CT molecular complexity index is 358. The standard InChI is InChI=1S/C15H24O6/c1-17-8-9-19-11-13-21-15-5-3-2-4-14(15)20-12-10-18-7-6-16/h2-5,16H,6-13H2,1H3. The molecule has 0 saturated heterocycles. The van der Waals surface area contributed by atoms with E-state index in [2.05, 4.69) is 0 Å². The van der Waals surface area contributed by atoms with Crippen LogP contribution < -0.4 is 9.47 Å². The van der Waals surface area contributed by atoms with Crippen molar-refractivity contribution in [2.24, 2.45) is 0 Å². The maximum absolute atomic E-state index is 8.60. The van der Waals surface area contributed by atoms with Gasteiger partial charge in [0, 0.05) is 7.11 Å². The van der Waals surface area contributed by atoms with Crippen LogP contribution in [0.15, 0.2) is 24.3 Å². The molecule has 0 aliphatic heterocycles. The zero-order valence-corrected chi connectivity index (χ0v) is 12.5. The van der Waals surface area contributed by atoms with Gasteiger partial charge in [0.15, 0.2) is 11.5 Å². The molecule has 1 rings (SSSR count). The van der Waals surface area contributed by atoms with Crippen LogP contribution in [-0.2, 0) is 14.2 Å². The lowest BCUT2D eigenvalue weighted by molar-refractivity contribution is 0.0527. The van der Waals surface area contributed by atoms with Crippen molar-refractivity contribution in [2.45, 2.75) is 0 Å². The highest BCUT2D eigenvalue weighted by Crippen LogP contribution is 2.26. The molecule has 0 spiro atoms. The lowest BCUT2D eigenvalue weighted by Crippen LogP contribution is -2.12. The minimum Gasteiger partial charge on any atom is -0.487 e. The van der Waals surface area contributed by atoms with Crippen LogP contribution >= 0.6 is 0 Å². The largest absolute Gasteiger partial charge is 0.487 e. The summed E-state index contributed by atoms with van der Waals surface area (Å²) in [6.07, 6.45) is 0. The van der Waals surface area contributed by atoms with Crippen molar-refractivity contribution < 1.29 is 28.8 Å². The molecule has 0 heterocycles. The Morgan fingerprint density at radius 1 is 0.762 bits per heavy atom. The first-order valence-corrected chi connectivity index (χ1v) is 6.98. The zero-order valence-electron chi connectivity index (χ0n) is 12.5. The summed E-state index contributed by atoms with van der Waals surface area (Å²) in [6.45, 7) is 3.25. The molecule has 21 heavy (non-hydrogen) atoms. The van der Waals surface area contributed by atoms with Gasteiger partial charge in [-0.1, -0.05) is 12.1 Å². The Morgan fingerprint density at radius 2 is 1.29 bits per heavy atom. The van der Waals surface area contributed by atoms with E-state index in [1.54, 1.807) is 7.11 Å². The van der Waals surface area contributed by atoms with E-state index in [1.165, 1.54) is 0 Å². The van der Waals surface area contributed by atoms with Gasteiger partial charge in [0.25, 0.3) is 0 Å². The fourth-order valence-corrected chi connectivity index (χ4v) is 1.52. The summed E-state index contributed by atoms with van der Waals surface area (Å²) in [4.78, 5) is 0. The lowest BCUT2D eigenvalue weighted by atomic mass is 10.3. The Kier molecular flexibility index (Phi) is 10.5. The highest BCUT2D eigenvalue weighted by molar-refractivity contribution is 5.39. The molecule has 0 aliphatic rings. The third kappa shape index (κ3) is 8.52. The summed E-state index contributed by atoms with van der Waals surface area (Å²) >= 11 is 0. The molecule has 1 aromatic rings. The molecule has 120 valence electrons. The summed E-state index contributed by atoms with van der Waals surface area (Å²) < 4.78 is 26.6. The summed E-state index contributed by atoms with van der Waals surface area (Å²) in [7, 11) is 1.64. The van der Waals surface area contributed by atoms with Crippen LogP contribution in [0.1, 0.15) is 0 Å². The van der Waals surface area contributed by atoms with E-state index in [-0.39, 0.29) is 6.61 Å². The van der Waals surface area contributed by atoms with Crippen LogP contribution in [0, 0.1) is 0 Å². The van der Waals surface area contributed by atoms with Crippen molar-refractivity contribution in [1.82, 2.24) is 0 Å². The number of ether oxygens (including phenoxy) is 5. The Hall–Kier alpha value is -1.34. The summed E-state index contributed by atoms with van der Waals surface area (Å²) in [5, 5.41) is 8.60. The maximum atomic E-state index is 8.60. The van der Waals surface area contributed by atoms with E-state index >= 15 is 0 Å². The van der Waals surface area contributed by atoms with Gasteiger partial charge in [0.05, 0.1) is 39.6 Å². The second-order valence-electron chi connectivity index (χ2n) is 4.08. The fraction of sp³-hybridized carbons (Fsp3) is 0.600. The number of aliphatic hydroxyl groups is 1. The van der Waals surface area contributed by atoms with E-state index in [0.717, 1.165) is 0 Å². The number of para-hydroxylation sites is 2. The molecule has 0 fully saturated rings. The smallest absolute Gasteiger partial charge is 0.161 e. The predicted octanol–water partition coefficient (Wildman–Crippen LogP) is 1.12. The van der Waals surface area contributed by atoms with Crippen molar-refractivity contribution in [3.8, 4) is 11.5 Å². The normalized spacial score (nSPS) is 10.6. The summed E-state index contributed by atoms with van der Waals surface area (Å²) in [6, 6.07) is 7.45. The fourth-order valence-electron chi connectivity index (χ4n) is 1.52. The number of aliphatic hydroxyl groups excluding tert-OH is 1. The van der Waals surface area contributed by atoms with Crippen molar-refractivity contribution in [3.05, 3.63) is 24.3 Å². The van der Waals surface area contributed by atoms with Crippen LogP contribution in [0.4, 0.5) is 0 Å². The van der Waals surface area contributed by atoms with Gasteiger partial charge in [0.1, 0.15) is 13.2 Å². The molecule has 6 heteroatoms. The van der Waals surface area contributed by atoms with Gasteiger partial charge in [0.2, 0.25) is 0 Å². The van der Waals surface area contributed by atoms with Gasteiger partial charge in [-0.25, -0.2) is 0 Å². The van der Waals surface area contributed by atoms with Gasteiger partial charge >= 0.3 is 0 Å². The maximum Gasteiger partial charge on any atom is 0.161 e. The Balaban J connectivity index is 2.23. The first-order chi connectivity index (χ1) is 10.4. The lowest BCUT2D eigenvalue weighted by Gasteiger charge is -2.12. The van der Waals surface area contributed by atoms with E-state index in [9.17, 15) is 0 Å². The molecular formula is C15H24O6. The second kappa shape index (κ2) is 12.4. The van der Waals surface area contributed by atoms with Gasteiger partial charge < -0.3 is 28.8 Å². The van der Waals surface area contributed by atoms with Gasteiger partial charge in [-0.2, -0.15) is 0 Å². The van der Waals surface area contributed by atoms with Gasteiger partial charge in [-0.05, 0) is 12.1 Å². The molecule has 0 unspecified atom stereocenters. The molecule has 0 atom stereocenters. The third-order valence-corrected chi connectivity index (χ3v) is 2.49. The molecule has 1 N–H and O–H groups in total. The number of hydrogen-bond donors (Lipinski definition) is 1. The van der Waals surface area contributed by atoms with Crippen LogP contribution in [-0.4, -0.2) is 65.1 Å². The first kappa shape index (κ1) is 17.7. The van der Waals surface area contributed by atoms with E-state index in [4.69, 9.17) is 28.8 Å². The second-order valence-corrected chi connectivity index (χ2v) is 4.08. The molecule has 0 aliphatic carbocycles. The average molecular weight is 300 g/mol. The van der Waals surface area contributed by atoms with Crippen molar-refractivity contribution in [3.63, 3.8) is 0 Å². The molecule has 0 amide bonds. The van der Waals surface area contributed by atoms with Gasteiger partial charge in [-0.15, -0.1) is 0 Å². The number of rotatable bonds is 13. The quantitative estimate of drug-likeness (QED) is 0.551. The molecule has 6 nitrogen and oxygen atoms in total. The molecule has 0 saturated carbocycles. The average Bonchev–Trinajstić information content (AvgIpc) is 2.52. The van der Waals surface area contributed by atoms with E-state index < -0.39 is 0 Å². The topological polar surface area (TPSA) is 66.4 Å². The number of hydrogen-bond acceptors (Lipinski definition) is 6. The van der Waals surface area contributed by atoms with Crippen LogP contribution in [0.3, 0.4) is 0 Å². The number of methoxy groups -OCH3 is 1. The van der Waals surface area contributed by atoms with Gasteiger partial charge in [-0.3, -0.25) is 0 Å². The third-order valence-electron chi connectivity index (χ3n) is 2.49. The first-order valence-electron chi connectivity index (χ1n) is 6.98. The molecule has 0 radical (unpaired) electrons. The van der Waals surface area contributed by atoms with E-state index in [1.807, 2.05) is 24.3 Å². The van der Waals surface area contributed by atoms with Crippen LogP contribution in [0.25, 0.3) is 0 Å². The molecular weight excluding hydrogens is 276 g/mol. The minimum atomic E-state index is 0.0166.